The Hall–Kier alpha value is -2.33. The summed E-state index contributed by atoms with van der Waals surface area (Å²) in [7, 11) is 0. The van der Waals surface area contributed by atoms with Gasteiger partial charge in [0, 0.05) is 12.1 Å². The van der Waals surface area contributed by atoms with Crippen molar-refractivity contribution in [2.24, 2.45) is 0 Å². The van der Waals surface area contributed by atoms with E-state index >= 15 is 0 Å². The number of aromatic amines is 1. The fourth-order valence-corrected chi connectivity index (χ4v) is 2.07. The molecule has 0 spiro atoms. The maximum Gasteiger partial charge on any atom is 0.182 e. The van der Waals surface area contributed by atoms with Crippen molar-refractivity contribution < 1.29 is 5.11 Å². The molecule has 18 heavy (non-hydrogen) atoms. The SMILES string of the molecule is O=c1cc(CO)n2[nH]c(-c3ccccc3)cc2c1. The van der Waals surface area contributed by atoms with Gasteiger partial charge in [0.1, 0.15) is 0 Å². The second-order valence-corrected chi connectivity index (χ2v) is 4.14. The first-order chi connectivity index (χ1) is 8.78. The minimum atomic E-state index is -0.175. The van der Waals surface area contributed by atoms with Crippen LogP contribution in [0.4, 0.5) is 0 Å². The van der Waals surface area contributed by atoms with Gasteiger partial charge < -0.3 is 5.11 Å². The molecule has 0 atom stereocenters. The molecule has 3 rings (SSSR count). The van der Waals surface area contributed by atoms with Gasteiger partial charge in [0.05, 0.1) is 23.5 Å². The second-order valence-electron chi connectivity index (χ2n) is 4.14. The van der Waals surface area contributed by atoms with Crippen LogP contribution in [0.15, 0.2) is 53.3 Å². The summed E-state index contributed by atoms with van der Waals surface area (Å²) in [6, 6.07) is 14.7. The van der Waals surface area contributed by atoms with E-state index in [2.05, 4.69) is 5.10 Å². The van der Waals surface area contributed by atoms with E-state index in [0.717, 1.165) is 16.8 Å². The lowest BCUT2D eigenvalue weighted by molar-refractivity contribution is 0.273. The highest BCUT2D eigenvalue weighted by Crippen LogP contribution is 2.19. The highest BCUT2D eigenvalue weighted by atomic mass is 16.3. The van der Waals surface area contributed by atoms with Crippen molar-refractivity contribution >= 4 is 5.52 Å². The number of hydrogen-bond donors (Lipinski definition) is 2. The molecule has 1 aromatic carbocycles. The lowest BCUT2D eigenvalue weighted by Crippen LogP contribution is -2.06. The molecular weight excluding hydrogens is 228 g/mol. The van der Waals surface area contributed by atoms with Crippen LogP contribution in [0.3, 0.4) is 0 Å². The first-order valence-corrected chi connectivity index (χ1v) is 5.69. The minimum Gasteiger partial charge on any atom is -0.390 e. The van der Waals surface area contributed by atoms with E-state index in [0.29, 0.717) is 5.69 Å². The van der Waals surface area contributed by atoms with Crippen molar-refractivity contribution in [3.05, 3.63) is 64.4 Å². The summed E-state index contributed by atoms with van der Waals surface area (Å²) >= 11 is 0. The normalized spacial score (nSPS) is 10.9. The monoisotopic (exact) mass is 240 g/mol. The van der Waals surface area contributed by atoms with Crippen LogP contribution in [-0.4, -0.2) is 14.7 Å². The molecule has 0 radical (unpaired) electrons. The van der Waals surface area contributed by atoms with Gasteiger partial charge in [-0.15, -0.1) is 0 Å². The maximum atomic E-state index is 11.5. The predicted octanol–water partition coefficient (Wildman–Crippen LogP) is 1.79. The molecule has 0 aliphatic carbocycles. The van der Waals surface area contributed by atoms with Crippen molar-refractivity contribution in [2.75, 3.05) is 0 Å². The first kappa shape index (κ1) is 10.8. The predicted molar refractivity (Wildman–Crippen MR) is 69.4 cm³/mol. The molecule has 0 fully saturated rings. The molecule has 0 unspecified atom stereocenters. The number of hydrogen-bond acceptors (Lipinski definition) is 2. The Morgan fingerprint density at radius 1 is 1.11 bits per heavy atom. The molecule has 2 aromatic heterocycles. The van der Waals surface area contributed by atoms with E-state index in [-0.39, 0.29) is 12.0 Å². The summed E-state index contributed by atoms with van der Waals surface area (Å²) in [5.41, 5.74) is 3.16. The molecule has 4 heteroatoms. The summed E-state index contributed by atoms with van der Waals surface area (Å²) in [4.78, 5) is 11.5. The number of aromatic nitrogens is 2. The van der Waals surface area contributed by atoms with Crippen LogP contribution in [0.5, 0.6) is 0 Å². The lowest BCUT2D eigenvalue weighted by Gasteiger charge is -2.01. The highest BCUT2D eigenvalue weighted by molar-refractivity contribution is 5.66. The van der Waals surface area contributed by atoms with Gasteiger partial charge in [0.15, 0.2) is 5.43 Å². The van der Waals surface area contributed by atoms with Crippen LogP contribution in [0.2, 0.25) is 0 Å². The summed E-state index contributed by atoms with van der Waals surface area (Å²) in [5.74, 6) is 0. The number of aliphatic hydroxyl groups excluding tert-OH is 1. The molecule has 0 bridgehead atoms. The molecule has 0 aliphatic rings. The summed E-state index contributed by atoms with van der Waals surface area (Å²) in [6.07, 6.45) is 0. The number of nitrogens with zero attached hydrogens (tertiary/aromatic N) is 1. The van der Waals surface area contributed by atoms with E-state index in [9.17, 15) is 9.90 Å². The largest absolute Gasteiger partial charge is 0.390 e. The Labute approximate surface area is 103 Å². The van der Waals surface area contributed by atoms with E-state index in [1.54, 1.807) is 10.6 Å². The highest BCUT2D eigenvalue weighted by Gasteiger charge is 2.06. The zero-order valence-corrected chi connectivity index (χ0v) is 9.63. The van der Waals surface area contributed by atoms with Crippen LogP contribution >= 0.6 is 0 Å². The van der Waals surface area contributed by atoms with E-state index in [1.165, 1.54) is 6.07 Å². The number of nitrogens with one attached hydrogen (secondary N) is 1. The molecule has 4 nitrogen and oxygen atoms in total. The third-order valence-electron chi connectivity index (χ3n) is 2.92. The van der Waals surface area contributed by atoms with Gasteiger partial charge in [-0.3, -0.25) is 14.4 Å². The van der Waals surface area contributed by atoms with Crippen molar-refractivity contribution in [1.29, 1.82) is 0 Å². The Bertz CT molecular complexity index is 741. The van der Waals surface area contributed by atoms with Crippen LogP contribution < -0.4 is 5.43 Å². The Balaban J connectivity index is 2.26. The number of aliphatic hydroxyl groups is 1. The Kier molecular flexibility index (Phi) is 2.50. The van der Waals surface area contributed by atoms with Crippen molar-refractivity contribution in [3.63, 3.8) is 0 Å². The average molecular weight is 240 g/mol. The smallest absolute Gasteiger partial charge is 0.182 e. The number of benzene rings is 1. The Morgan fingerprint density at radius 2 is 1.89 bits per heavy atom. The van der Waals surface area contributed by atoms with Gasteiger partial charge in [-0.2, -0.15) is 0 Å². The van der Waals surface area contributed by atoms with Gasteiger partial charge in [-0.25, -0.2) is 0 Å². The summed E-state index contributed by atoms with van der Waals surface area (Å²) < 4.78 is 1.73. The van der Waals surface area contributed by atoms with Crippen LogP contribution in [-0.2, 0) is 6.61 Å². The third kappa shape index (κ3) is 1.72. The maximum absolute atomic E-state index is 11.5. The zero-order valence-electron chi connectivity index (χ0n) is 9.63. The van der Waals surface area contributed by atoms with Crippen molar-refractivity contribution in [2.45, 2.75) is 6.61 Å². The van der Waals surface area contributed by atoms with Gasteiger partial charge in [0.25, 0.3) is 0 Å². The molecule has 3 aromatic rings. The molecule has 0 amide bonds. The molecule has 0 saturated carbocycles. The molecule has 90 valence electrons. The molecule has 2 N–H and O–H groups in total. The van der Waals surface area contributed by atoms with Crippen molar-refractivity contribution in [3.8, 4) is 11.3 Å². The zero-order chi connectivity index (χ0) is 12.5. The number of fused-ring (bicyclic) bond motifs is 1. The van der Waals surface area contributed by atoms with Crippen LogP contribution in [0.1, 0.15) is 5.69 Å². The second kappa shape index (κ2) is 4.16. The van der Waals surface area contributed by atoms with Gasteiger partial charge in [-0.1, -0.05) is 30.3 Å². The van der Waals surface area contributed by atoms with Crippen LogP contribution in [0.25, 0.3) is 16.8 Å². The van der Waals surface area contributed by atoms with Crippen molar-refractivity contribution in [1.82, 2.24) is 9.61 Å². The number of pyridine rings is 1. The lowest BCUT2D eigenvalue weighted by atomic mass is 10.1. The Morgan fingerprint density at radius 3 is 2.61 bits per heavy atom. The number of rotatable bonds is 2. The quantitative estimate of drug-likeness (QED) is 0.717. The summed E-state index contributed by atoms with van der Waals surface area (Å²) in [5, 5.41) is 12.4. The van der Waals surface area contributed by atoms with E-state index in [1.807, 2.05) is 36.4 Å². The standard InChI is InChI=1S/C14H12N2O2/c17-9-12-7-13(18)6-11-8-14(15-16(11)12)10-4-2-1-3-5-10/h1-8,15,17H,9H2. The summed E-state index contributed by atoms with van der Waals surface area (Å²) in [6.45, 7) is -0.175. The van der Waals surface area contributed by atoms with E-state index < -0.39 is 0 Å². The average Bonchev–Trinajstić information content (AvgIpc) is 2.82. The van der Waals surface area contributed by atoms with E-state index in [4.69, 9.17) is 0 Å². The van der Waals surface area contributed by atoms with Gasteiger partial charge >= 0.3 is 0 Å². The number of H-pyrrole nitrogens is 1. The fraction of sp³-hybridized carbons (Fsp3) is 0.0714. The molecular formula is C14H12N2O2. The molecule has 0 aliphatic heterocycles. The first-order valence-electron chi connectivity index (χ1n) is 5.69. The third-order valence-corrected chi connectivity index (χ3v) is 2.92. The molecule has 2 heterocycles. The fourth-order valence-electron chi connectivity index (χ4n) is 2.07. The molecule has 0 saturated heterocycles. The minimum absolute atomic E-state index is 0.0994. The van der Waals surface area contributed by atoms with Gasteiger partial charge in [-0.05, 0) is 11.6 Å². The van der Waals surface area contributed by atoms with Crippen LogP contribution in [0, 0.1) is 0 Å². The topological polar surface area (TPSA) is 57.5 Å². The van der Waals surface area contributed by atoms with Gasteiger partial charge in [0.2, 0.25) is 0 Å².